The van der Waals surface area contributed by atoms with Crippen molar-refractivity contribution in [3.8, 4) is 17.2 Å². The minimum atomic E-state index is -3.06. The molecule has 0 aliphatic carbocycles. The van der Waals surface area contributed by atoms with Crippen molar-refractivity contribution in [3.05, 3.63) is 17.7 Å². The van der Waals surface area contributed by atoms with E-state index in [4.69, 9.17) is 14.2 Å². The molecule has 0 radical (unpaired) electrons. The molecule has 0 spiro atoms. The molecule has 0 aromatic heterocycles. The van der Waals surface area contributed by atoms with Crippen LogP contribution in [0.4, 0.5) is 0 Å². The molecule has 1 saturated heterocycles. The average Bonchev–Trinajstić information content (AvgIpc) is 2.84. The average molecular weight is 329 g/mol. The Morgan fingerprint density at radius 2 is 1.73 bits per heavy atom. The van der Waals surface area contributed by atoms with Gasteiger partial charge >= 0.3 is 0 Å². The van der Waals surface area contributed by atoms with Gasteiger partial charge in [-0.1, -0.05) is 0 Å². The van der Waals surface area contributed by atoms with Gasteiger partial charge in [0.15, 0.2) is 9.84 Å². The first-order valence-corrected chi connectivity index (χ1v) is 8.53. The predicted molar refractivity (Wildman–Crippen MR) is 80.6 cm³/mol. The molecule has 0 bridgehead atoms. The Hall–Kier alpha value is -1.96. The minimum Gasteiger partial charge on any atom is -0.496 e. The summed E-state index contributed by atoms with van der Waals surface area (Å²) < 4.78 is 38.5. The van der Waals surface area contributed by atoms with Gasteiger partial charge in [0.2, 0.25) is 0 Å². The molecule has 1 heterocycles. The van der Waals surface area contributed by atoms with Crippen LogP contribution in [-0.4, -0.2) is 53.2 Å². The summed E-state index contributed by atoms with van der Waals surface area (Å²) >= 11 is 0. The molecule has 122 valence electrons. The normalized spacial score (nSPS) is 19.5. The van der Waals surface area contributed by atoms with Gasteiger partial charge in [-0.15, -0.1) is 0 Å². The van der Waals surface area contributed by atoms with Gasteiger partial charge in [-0.3, -0.25) is 4.79 Å². The van der Waals surface area contributed by atoms with Gasteiger partial charge in [-0.05, 0) is 6.42 Å². The Morgan fingerprint density at radius 3 is 2.14 bits per heavy atom. The Bertz CT molecular complexity index is 645. The molecule has 1 fully saturated rings. The molecule has 2 rings (SSSR count). The highest BCUT2D eigenvalue weighted by atomic mass is 32.2. The number of amides is 1. The number of carbonyl (C=O) groups is 1. The van der Waals surface area contributed by atoms with Crippen LogP contribution in [0.3, 0.4) is 0 Å². The summed E-state index contributed by atoms with van der Waals surface area (Å²) in [7, 11) is 1.31. The van der Waals surface area contributed by atoms with E-state index in [1.54, 1.807) is 12.1 Å². The fourth-order valence-electron chi connectivity index (χ4n) is 2.40. The van der Waals surface area contributed by atoms with E-state index in [1.165, 1.54) is 21.3 Å². The lowest BCUT2D eigenvalue weighted by Gasteiger charge is -2.16. The fraction of sp³-hybridized carbons (Fsp3) is 0.500. The van der Waals surface area contributed by atoms with Crippen molar-refractivity contribution in [2.75, 3.05) is 32.8 Å². The van der Waals surface area contributed by atoms with E-state index in [-0.39, 0.29) is 17.1 Å². The van der Waals surface area contributed by atoms with Crippen molar-refractivity contribution < 1.29 is 27.4 Å². The van der Waals surface area contributed by atoms with E-state index in [0.717, 1.165) is 0 Å². The first kappa shape index (κ1) is 16.4. The van der Waals surface area contributed by atoms with Crippen molar-refractivity contribution in [2.24, 2.45) is 0 Å². The van der Waals surface area contributed by atoms with Gasteiger partial charge in [0, 0.05) is 18.2 Å². The van der Waals surface area contributed by atoms with Crippen LogP contribution in [0.5, 0.6) is 17.2 Å². The van der Waals surface area contributed by atoms with Crippen LogP contribution in [0.1, 0.15) is 16.8 Å². The van der Waals surface area contributed by atoms with Crippen LogP contribution in [0.15, 0.2) is 12.1 Å². The summed E-state index contributed by atoms with van der Waals surface area (Å²) in [6, 6.07) is 2.75. The molecular weight excluding hydrogens is 310 g/mol. The van der Waals surface area contributed by atoms with Crippen LogP contribution in [0.25, 0.3) is 0 Å². The monoisotopic (exact) mass is 329 g/mol. The Balaban J connectivity index is 2.28. The number of ether oxygens (including phenoxy) is 3. The highest BCUT2D eigenvalue weighted by Crippen LogP contribution is 2.34. The number of nitrogens with one attached hydrogen (secondary N) is 1. The van der Waals surface area contributed by atoms with Crippen molar-refractivity contribution in [1.29, 1.82) is 0 Å². The third-order valence-corrected chi connectivity index (χ3v) is 5.28. The molecule has 1 N–H and O–H groups in total. The third kappa shape index (κ3) is 3.44. The largest absolute Gasteiger partial charge is 0.496 e. The fourth-order valence-corrected chi connectivity index (χ4v) is 4.07. The lowest BCUT2D eigenvalue weighted by molar-refractivity contribution is 0.0934. The number of sulfone groups is 1. The van der Waals surface area contributed by atoms with E-state index in [0.29, 0.717) is 23.7 Å². The molecule has 8 heteroatoms. The van der Waals surface area contributed by atoms with Crippen LogP contribution in [-0.2, 0) is 9.84 Å². The van der Waals surface area contributed by atoms with E-state index in [2.05, 4.69) is 5.32 Å². The topological polar surface area (TPSA) is 90.9 Å². The second-order valence-electron chi connectivity index (χ2n) is 4.98. The molecule has 1 atom stereocenters. The molecule has 1 aliphatic rings. The van der Waals surface area contributed by atoms with Crippen molar-refractivity contribution in [2.45, 2.75) is 12.5 Å². The van der Waals surface area contributed by atoms with Gasteiger partial charge in [0.25, 0.3) is 5.91 Å². The molecular formula is C14H19NO6S. The summed E-state index contributed by atoms with van der Waals surface area (Å²) in [6.45, 7) is 0. The number of hydrogen-bond acceptors (Lipinski definition) is 6. The Labute approximate surface area is 129 Å². The quantitative estimate of drug-likeness (QED) is 0.852. The van der Waals surface area contributed by atoms with Gasteiger partial charge in [-0.2, -0.15) is 0 Å². The summed E-state index contributed by atoms with van der Waals surface area (Å²) in [5.41, 5.74) is 0.218. The van der Waals surface area contributed by atoms with Gasteiger partial charge in [0.1, 0.15) is 22.8 Å². The number of carbonyl (C=O) groups excluding carboxylic acids is 1. The second-order valence-corrected chi connectivity index (χ2v) is 7.21. The lowest BCUT2D eigenvalue weighted by Crippen LogP contribution is -2.36. The number of benzene rings is 1. The van der Waals surface area contributed by atoms with Crippen LogP contribution >= 0.6 is 0 Å². The number of hydrogen-bond donors (Lipinski definition) is 1. The van der Waals surface area contributed by atoms with Crippen LogP contribution in [0.2, 0.25) is 0 Å². The predicted octanol–water partition coefficient (Wildman–Crippen LogP) is 0.629. The molecule has 1 aromatic rings. The standard InChI is InChI=1S/C14H19NO6S/c1-19-10-6-11(20-2)13(12(7-10)21-3)14(16)15-9-4-5-22(17,18)8-9/h6-7,9H,4-5,8H2,1-3H3,(H,15,16). The molecule has 1 aromatic carbocycles. The zero-order chi connectivity index (χ0) is 16.3. The zero-order valence-corrected chi connectivity index (χ0v) is 13.5. The smallest absolute Gasteiger partial charge is 0.259 e. The van der Waals surface area contributed by atoms with E-state index < -0.39 is 21.8 Å². The highest BCUT2D eigenvalue weighted by Gasteiger charge is 2.30. The van der Waals surface area contributed by atoms with Crippen LogP contribution in [0, 0.1) is 0 Å². The van der Waals surface area contributed by atoms with Crippen LogP contribution < -0.4 is 19.5 Å². The summed E-state index contributed by atoms with van der Waals surface area (Å²) in [6.07, 6.45) is 0.412. The minimum absolute atomic E-state index is 0.0421. The second kappa shape index (κ2) is 6.43. The summed E-state index contributed by atoms with van der Waals surface area (Å²) in [5.74, 6) is 0.713. The maximum absolute atomic E-state index is 12.5. The highest BCUT2D eigenvalue weighted by molar-refractivity contribution is 7.91. The summed E-state index contributed by atoms with van der Waals surface area (Å²) in [4.78, 5) is 12.5. The SMILES string of the molecule is COc1cc(OC)c(C(=O)NC2CCS(=O)(=O)C2)c(OC)c1. The first-order chi connectivity index (χ1) is 10.4. The first-order valence-electron chi connectivity index (χ1n) is 6.71. The molecule has 0 saturated carbocycles. The maximum atomic E-state index is 12.5. The third-order valence-electron chi connectivity index (χ3n) is 3.51. The zero-order valence-electron chi connectivity index (χ0n) is 12.7. The van der Waals surface area contributed by atoms with E-state index >= 15 is 0 Å². The maximum Gasteiger partial charge on any atom is 0.259 e. The summed E-state index contributed by atoms with van der Waals surface area (Å²) in [5, 5.41) is 2.72. The Kier molecular flexibility index (Phi) is 4.80. The number of rotatable bonds is 5. The van der Waals surface area contributed by atoms with E-state index in [9.17, 15) is 13.2 Å². The molecule has 1 aliphatic heterocycles. The van der Waals surface area contributed by atoms with Crippen molar-refractivity contribution >= 4 is 15.7 Å². The Morgan fingerprint density at radius 1 is 1.14 bits per heavy atom. The lowest BCUT2D eigenvalue weighted by atomic mass is 10.1. The molecule has 1 amide bonds. The van der Waals surface area contributed by atoms with Crippen molar-refractivity contribution in [1.82, 2.24) is 5.32 Å². The molecule has 22 heavy (non-hydrogen) atoms. The van der Waals surface area contributed by atoms with Gasteiger partial charge < -0.3 is 19.5 Å². The molecule has 7 nitrogen and oxygen atoms in total. The number of methoxy groups -OCH3 is 3. The van der Waals surface area contributed by atoms with E-state index in [1.807, 2.05) is 0 Å². The molecule has 1 unspecified atom stereocenters. The van der Waals surface area contributed by atoms with Gasteiger partial charge in [-0.25, -0.2) is 8.42 Å². The van der Waals surface area contributed by atoms with Gasteiger partial charge in [0.05, 0.1) is 32.8 Å². The van der Waals surface area contributed by atoms with Crippen molar-refractivity contribution in [3.63, 3.8) is 0 Å².